The maximum atomic E-state index is 14.4. The fourth-order valence-electron chi connectivity index (χ4n) is 3.26. The van der Waals surface area contributed by atoms with Crippen LogP contribution in [0.5, 0.6) is 11.5 Å². The lowest BCUT2D eigenvalue weighted by Gasteiger charge is -2.12. The number of anilines is 5. The van der Waals surface area contributed by atoms with Crippen molar-refractivity contribution in [2.24, 2.45) is 5.73 Å². The van der Waals surface area contributed by atoms with Crippen molar-refractivity contribution < 1.29 is 18.7 Å². The molecule has 10 nitrogen and oxygen atoms in total. The van der Waals surface area contributed by atoms with Crippen molar-refractivity contribution in [2.45, 2.75) is 6.92 Å². The van der Waals surface area contributed by atoms with E-state index in [4.69, 9.17) is 10.5 Å². The van der Waals surface area contributed by atoms with E-state index in [1.165, 1.54) is 6.20 Å². The van der Waals surface area contributed by atoms with Gasteiger partial charge in [0.05, 0.1) is 6.20 Å². The number of rotatable bonds is 9. The van der Waals surface area contributed by atoms with Gasteiger partial charge in [-0.2, -0.15) is 4.98 Å². The van der Waals surface area contributed by atoms with E-state index in [0.717, 1.165) is 12.3 Å². The molecule has 4 aromatic rings. The average molecular weight is 500 g/mol. The van der Waals surface area contributed by atoms with E-state index >= 15 is 0 Å². The van der Waals surface area contributed by atoms with Gasteiger partial charge in [-0.15, -0.1) is 0 Å². The van der Waals surface area contributed by atoms with Gasteiger partial charge in [0.1, 0.15) is 17.2 Å². The van der Waals surface area contributed by atoms with Gasteiger partial charge in [0.25, 0.3) is 5.91 Å². The molecule has 0 fully saturated rings. The van der Waals surface area contributed by atoms with Gasteiger partial charge in [-0.25, -0.2) is 9.37 Å². The highest BCUT2D eigenvalue weighted by Gasteiger charge is 2.12. The van der Waals surface area contributed by atoms with Crippen LogP contribution >= 0.6 is 0 Å². The second kappa shape index (κ2) is 11.0. The SMILES string of the molecule is C=CC(=O)Nc1cccc(Nc2nc(Nc3ccc(Oc4ccnc(C(N)=O)c4C)cc3)ncc2F)c1. The Morgan fingerprint density at radius 1 is 1.03 bits per heavy atom. The first-order chi connectivity index (χ1) is 17.8. The molecule has 5 N–H and O–H groups in total. The first-order valence-electron chi connectivity index (χ1n) is 11.0. The van der Waals surface area contributed by atoms with Crippen LogP contribution in [0.25, 0.3) is 0 Å². The topological polar surface area (TPSA) is 144 Å². The fraction of sp³-hybridized carbons (Fsp3) is 0.0385. The molecule has 0 radical (unpaired) electrons. The van der Waals surface area contributed by atoms with Gasteiger partial charge in [-0.05, 0) is 61.5 Å². The van der Waals surface area contributed by atoms with E-state index in [9.17, 15) is 14.0 Å². The predicted molar refractivity (Wildman–Crippen MR) is 138 cm³/mol. The van der Waals surface area contributed by atoms with Crippen LogP contribution in [0.4, 0.5) is 33.2 Å². The Labute approximate surface area is 211 Å². The van der Waals surface area contributed by atoms with E-state index < -0.39 is 11.7 Å². The minimum absolute atomic E-state index is 0.0527. The molecule has 0 aliphatic heterocycles. The van der Waals surface area contributed by atoms with Crippen molar-refractivity contribution in [1.82, 2.24) is 15.0 Å². The third-order valence-corrected chi connectivity index (χ3v) is 5.05. The number of carbonyl (C=O) groups excluding carboxylic acids is 2. The molecule has 0 spiro atoms. The first kappa shape index (κ1) is 24.8. The standard InChI is InChI=1S/C26H22FN7O3/c1-3-22(35)31-17-5-4-6-18(13-17)32-25-20(27)14-30-26(34-25)33-16-7-9-19(10-8-16)37-21-11-12-29-23(15(21)2)24(28)36/h3-14H,1H2,2H3,(H2,28,36)(H,31,35)(H2,30,32,33,34). The Morgan fingerprint density at radius 2 is 1.78 bits per heavy atom. The van der Waals surface area contributed by atoms with Crippen molar-refractivity contribution in [3.63, 3.8) is 0 Å². The number of halogens is 1. The van der Waals surface area contributed by atoms with Crippen molar-refractivity contribution >= 4 is 40.6 Å². The summed E-state index contributed by atoms with van der Waals surface area (Å²) in [5, 5.41) is 8.53. The molecular formula is C26H22FN7O3. The summed E-state index contributed by atoms with van der Waals surface area (Å²) in [5.74, 6) is -0.579. The molecule has 0 saturated carbocycles. The highest BCUT2D eigenvalue weighted by Crippen LogP contribution is 2.28. The molecule has 37 heavy (non-hydrogen) atoms. The first-order valence-corrected chi connectivity index (χ1v) is 11.0. The van der Waals surface area contributed by atoms with E-state index in [-0.39, 0.29) is 23.4 Å². The smallest absolute Gasteiger partial charge is 0.267 e. The number of benzene rings is 2. The largest absolute Gasteiger partial charge is 0.457 e. The Kier molecular flexibility index (Phi) is 7.34. The third kappa shape index (κ3) is 6.22. The van der Waals surface area contributed by atoms with Crippen molar-refractivity contribution in [3.05, 3.63) is 96.7 Å². The number of nitrogens with two attached hydrogens (primary N) is 1. The number of aromatic nitrogens is 3. The molecule has 2 aromatic heterocycles. The number of nitrogens with zero attached hydrogens (tertiary/aromatic N) is 3. The summed E-state index contributed by atoms with van der Waals surface area (Å²) < 4.78 is 20.2. The summed E-state index contributed by atoms with van der Waals surface area (Å²) in [7, 11) is 0. The van der Waals surface area contributed by atoms with Gasteiger partial charge in [-0.3, -0.25) is 14.6 Å². The second-order valence-electron chi connectivity index (χ2n) is 7.69. The van der Waals surface area contributed by atoms with Gasteiger partial charge in [0, 0.05) is 28.8 Å². The molecule has 0 aliphatic rings. The van der Waals surface area contributed by atoms with Crippen LogP contribution < -0.4 is 26.4 Å². The molecule has 11 heteroatoms. The molecule has 0 saturated heterocycles. The lowest BCUT2D eigenvalue weighted by Crippen LogP contribution is -2.15. The van der Waals surface area contributed by atoms with E-state index in [0.29, 0.717) is 34.1 Å². The van der Waals surface area contributed by atoms with Crippen LogP contribution in [0.2, 0.25) is 0 Å². The Bertz CT molecular complexity index is 1480. The third-order valence-electron chi connectivity index (χ3n) is 5.05. The zero-order valence-electron chi connectivity index (χ0n) is 19.7. The zero-order valence-corrected chi connectivity index (χ0v) is 19.7. The Morgan fingerprint density at radius 3 is 2.51 bits per heavy atom. The summed E-state index contributed by atoms with van der Waals surface area (Å²) in [4.78, 5) is 35.2. The Balaban J connectivity index is 1.45. The summed E-state index contributed by atoms with van der Waals surface area (Å²) in [6.45, 7) is 5.11. The lowest BCUT2D eigenvalue weighted by molar-refractivity contribution is -0.111. The molecule has 4 rings (SSSR count). The quantitative estimate of drug-likeness (QED) is 0.240. The minimum Gasteiger partial charge on any atom is -0.457 e. The second-order valence-corrected chi connectivity index (χ2v) is 7.69. The molecule has 2 amide bonds. The normalized spacial score (nSPS) is 10.3. The highest BCUT2D eigenvalue weighted by atomic mass is 19.1. The maximum absolute atomic E-state index is 14.4. The maximum Gasteiger partial charge on any atom is 0.267 e. The van der Waals surface area contributed by atoms with E-state index in [2.05, 4.69) is 37.5 Å². The molecule has 2 heterocycles. The van der Waals surface area contributed by atoms with Crippen LogP contribution in [-0.4, -0.2) is 26.8 Å². The zero-order chi connectivity index (χ0) is 26.4. The Hall–Kier alpha value is -5.32. The summed E-state index contributed by atoms with van der Waals surface area (Å²) >= 11 is 0. The van der Waals surface area contributed by atoms with Gasteiger partial charge in [-0.1, -0.05) is 12.6 Å². The van der Waals surface area contributed by atoms with Crippen molar-refractivity contribution in [2.75, 3.05) is 16.0 Å². The summed E-state index contributed by atoms with van der Waals surface area (Å²) in [5.41, 5.74) is 7.66. The van der Waals surface area contributed by atoms with E-state index in [1.807, 2.05) is 0 Å². The number of pyridine rings is 1. The fourth-order valence-corrected chi connectivity index (χ4v) is 3.26. The molecular weight excluding hydrogens is 477 g/mol. The monoisotopic (exact) mass is 499 g/mol. The van der Waals surface area contributed by atoms with Crippen LogP contribution in [-0.2, 0) is 4.79 Å². The number of carbonyl (C=O) groups is 2. The van der Waals surface area contributed by atoms with Crippen LogP contribution in [0.1, 0.15) is 16.1 Å². The van der Waals surface area contributed by atoms with Gasteiger partial charge in [0.15, 0.2) is 11.6 Å². The number of amides is 2. The average Bonchev–Trinajstić information content (AvgIpc) is 2.88. The van der Waals surface area contributed by atoms with E-state index in [1.54, 1.807) is 61.5 Å². The van der Waals surface area contributed by atoms with Gasteiger partial charge >= 0.3 is 0 Å². The van der Waals surface area contributed by atoms with Crippen molar-refractivity contribution in [3.8, 4) is 11.5 Å². The lowest BCUT2D eigenvalue weighted by atomic mass is 10.2. The molecule has 0 bridgehead atoms. The minimum atomic E-state index is -0.655. The van der Waals surface area contributed by atoms with Gasteiger partial charge < -0.3 is 26.4 Å². The molecule has 2 aromatic carbocycles. The number of nitrogens with one attached hydrogen (secondary N) is 3. The highest BCUT2D eigenvalue weighted by molar-refractivity contribution is 5.99. The molecule has 0 unspecified atom stereocenters. The van der Waals surface area contributed by atoms with Crippen molar-refractivity contribution in [1.29, 1.82) is 0 Å². The number of primary amides is 1. The summed E-state index contributed by atoms with van der Waals surface area (Å²) in [6, 6.07) is 15.2. The van der Waals surface area contributed by atoms with Crippen LogP contribution in [0.15, 0.2) is 79.6 Å². The van der Waals surface area contributed by atoms with Gasteiger partial charge in [0.2, 0.25) is 11.9 Å². The number of hydrogen-bond donors (Lipinski definition) is 4. The summed E-state index contributed by atoms with van der Waals surface area (Å²) in [6.07, 6.45) is 3.64. The predicted octanol–water partition coefficient (Wildman–Crippen LogP) is 4.82. The number of ether oxygens (including phenoxy) is 1. The van der Waals surface area contributed by atoms with Crippen LogP contribution in [0, 0.1) is 12.7 Å². The molecule has 0 aliphatic carbocycles. The molecule has 186 valence electrons. The molecule has 0 atom stereocenters. The number of hydrogen-bond acceptors (Lipinski definition) is 8. The van der Waals surface area contributed by atoms with Crippen LogP contribution in [0.3, 0.4) is 0 Å².